The number of nitrogens with one attached hydrogen (secondary N) is 2. The number of sulfone groups is 1. The van der Waals surface area contributed by atoms with Crippen LogP contribution in [0.5, 0.6) is 0 Å². The summed E-state index contributed by atoms with van der Waals surface area (Å²) in [6.07, 6.45) is 1.07. The largest absolute Gasteiger partial charge is 0.370 e. The van der Waals surface area contributed by atoms with Crippen molar-refractivity contribution in [2.75, 3.05) is 6.26 Å². The fourth-order valence-corrected chi connectivity index (χ4v) is 4.37. The SMILES string of the molecule is CS(=O)(=O)c1cc(C(=O)NC(=N)N)ccc1Sc1cccc(Cl)c1.Cl. The zero-order valence-corrected chi connectivity index (χ0v) is 16.2. The Morgan fingerprint density at radius 2 is 1.92 bits per heavy atom. The van der Waals surface area contributed by atoms with Gasteiger partial charge in [-0.3, -0.25) is 15.5 Å². The standard InChI is InChI=1S/C15H14ClN3O3S2.ClH/c1-24(21,22)13-7-9(14(20)19-15(17)18)5-6-12(13)23-11-4-2-3-10(16)8-11;/h2-8H,1H3,(H4,17,18,19,20);1H. The number of rotatable bonds is 4. The van der Waals surface area contributed by atoms with E-state index in [4.69, 9.17) is 22.7 Å². The highest BCUT2D eigenvalue weighted by atomic mass is 35.5. The maximum absolute atomic E-state index is 12.1. The lowest BCUT2D eigenvalue weighted by Gasteiger charge is -2.10. The first-order valence-corrected chi connectivity index (χ1v) is 9.68. The molecule has 2 aromatic rings. The van der Waals surface area contributed by atoms with E-state index < -0.39 is 21.7 Å². The molecular weight excluding hydrogens is 405 g/mol. The maximum atomic E-state index is 12.1. The van der Waals surface area contributed by atoms with Gasteiger partial charge in [-0.25, -0.2) is 8.42 Å². The highest BCUT2D eigenvalue weighted by Crippen LogP contribution is 2.34. The number of halogens is 2. The van der Waals surface area contributed by atoms with E-state index in [9.17, 15) is 13.2 Å². The van der Waals surface area contributed by atoms with Crippen LogP contribution in [0.4, 0.5) is 0 Å². The third kappa shape index (κ3) is 5.93. The molecule has 0 unspecified atom stereocenters. The first-order chi connectivity index (χ1) is 11.2. The normalized spacial score (nSPS) is 10.6. The number of benzene rings is 2. The molecular formula is C15H15Cl2N3O3S2. The van der Waals surface area contributed by atoms with Crippen LogP contribution in [0.25, 0.3) is 0 Å². The van der Waals surface area contributed by atoms with Crippen molar-refractivity contribution in [3.63, 3.8) is 0 Å². The molecule has 0 saturated carbocycles. The average molecular weight is 420 g/mol. The van der Waals surface area contributed by atoms with Crippen molar-refractivity contribution in [3.05, 3.63) is 53.1 Å². The third-order valence-electron chi connectivity index (χ3n) is 2.88. The zero-order chi connectivity index (χ0) is 17.9. The Kier molecular flexibility index (Phi) is 7.30. The van der Waals surface area contributed by atoms with Crippen molar-refractivity contribution >= 4 is 57.5 Å². The quantitative estimate of drug-likeness (QED) is 0.520. The number of carbonyl (C=O) groups excluding carboxylic acids is 1. The highest BCUT2D eigenvalue weighted by Gasteiger charge is 2.18. The predicted octanol–water partition coefficient (Wildman–Crippen LogP) is 2.94. The molecule has 134 valence electrons. The Morgan fingerprint density at radius 3 is 2.48 bits per heavy atom. The van der Waals surface area contributed by atoms with Crippen molar-refractivity contribution in [3.8, 4) is 0 Å². The van der Waals surface area contributed by atoms with E-state index in [1.807, 2.05) is 0 Å². The fraction of sp³-hybridized carbons (Fsp3) is 0.0667. The van der Waals surface area contributed by atoms with Gasteiger partial charge in [-0.15, -0.1) is 12.4 Å². The lowest BCUT2D eigenvalue weighted by Crippen LogP contribution is -2.35. The number of guanidine groups is 1. The lowest BCUT2D eigenvalue weighted by atomic mass is 10.2. The molecule has 0 aliphatic rings. The Labute approximate surface area is 161 Å². The number of amides is 1. The minimum Gasteiger partial charge on any atom is -0.370 e. The summed E-state index contributed by atoms with van der Waals surface area (Å²) in [6, 6.07) is 11.3. The Bertz CT molecular complexity index is 918. The van der Waals surface area contributed by atoms with Crippen LogP contribution in [-0.2, 0) is 9.84 Å². The van der Waals surface area contributed by atoms with E-state index in [1.165, 1.54) is 30.0 Å². The Hall–Kier alpha value is -1.74. The highest BCUT2D eigenvalue weighted by molar-refractivity contribution is 8.00. The molecule has 0 spiro atoms. The van der Waals surface area contributed by atoms with E-state index in [0.717, 1.165) is 11.2 Å². The average Bonchev–Trinajstić information content (AvgIpc) is 2.45. The van der Waals surface area contributed by atoms with Crippen molar-refractivity contribution in [1.29, 1.82) is 5.41 Å². The summed E-state index contributed by atoms with van der Waals surface area (Å²) < 4.78 is 24.1. The maximum Gasteiger partial charge on any atom is 0.257 e. The molecule has 0 fully saturated rings. The molecule has 4 N–H and O–H groups in total. The van der Waals surface area contributed by atoms with Gasteiger partial charge in [-0.05, 0) is 36.4 Å². The molecule has 0 atom stereocenters. The molecule has 0 radical (unpaired) electrons. The van der Waals surface area contributed by atoms with Gasteiger partial charge in [-0.1, -0.05) is 29.4 Å². The molecule has 2 aromatic carbocycles. The zero-order valence-electron chi connectivity index (χ0n) is 12.9. The van der Waals surface area contributed by atoms with Gasteiger partial charge < -0.3 is 5.73 Å². The van der Waals surface area contributed by atoms with Gasteiger partial charge in [0.15, 0.2) is 15.8 Å². The number of hydrogen-bond donors (Lipinski definition) is 3. The smallest absolute Gasteiger partial charge is 0.257 e. The van der Waals surface area contributed by atoms with Gasteiger partial charge in [0.25, 0.3) is 5.91 Å². The monoisotopic (exact) mass is 419 g/mol. The summed E-state index contributed by atoms with van der Waals surface area (Å²) in [5, 5.41) is 9.73. The van der Waals surface area contributed by atoms with Crippen molar-refractivity contribution < 1.29 is 13.2 Å². The van der Waals surface area contributed by atoms with Gasteiger partial charge in [0.05, 0.1) is 4.90 Å². The van der Waals surface area contributed by atoms with Crippen molar-refractivity contribution in [2.24, 2.45) is 5.73 Å². The van der Waals surface area contributed by atoms with Crippen LogP contribution in [0.1, 0.15) is 10.4 Å². The van der Waals surface area contributed by atoms with Gasteiger partial charge in [0.2, 0.25) is 0 Å². The lowest BCUT2D eigenvalue weighted by molar-refractivity contribution is 0.0976. The Morgan fingerprint density at radius 1 is 1.24 bits per heavy atom. The van der Waals surface area contributed by atoms with E-state index in [0.29, 0.717) is 9.92 Å². The second-order valence-corrected chi connectivity index (χ2v) is 8.40. The van der Waals surface area contributed by atoms with Crippen LogP contribution in [0.2, 0.25) is 5.02 Å². The van der Waals surface area contributed by atoms with Crippen LogP contribution < -0.4 is 11.1 Å². The Balaban J connectivity index is 0.00000312. The third-order valence-corrected chi connectivity index (χ3v) is 5.44. The van der Waals surface area contributed by atoms with Crippen LogP contribution in [0.15, 0.2) is 57.2 Å². The van der Waals surface area contributed by atoms with Crippen LogP contribution in [-0.4, -0.2) is 26.5 Å². The molecule has 0 saturated heterocycles. The van der Waals surface area contributed by atoms with Crippen LogP contribution >= 0.6 is 35.8 Å². The number of hydrogen-bond acceptors (Lipinski definition) is 5. The van der Waals surface area contributed by atoms with Crippen molar-refractivity contribution in [1.82, 2.24) is 5.32 Å². The predicted molar refractivity (Wildman–Crippen MR) is 102 cm³/mol. The molecule has 2 rings (SSSR count). The summed E-state index contributed by atoms with van der Waals surface area (Å²) in [5.74, 6) is -1.16. The van der Waals surface area contributed by atoms with Gasteiger partial charge in [0, 0.05) is 26.6 Å². The van der Waals surface area contributed by atoms with E-state index >= 15 is 0 Å². The van der Waals surface area contributed by atoms with Gasteiger partial charge >= 0.3 is 0 Å². The first kappa shape index (κ1) is 21.3. The van der Waals surface area contributed by atoms with Gasteiger partial charge in [0.1, 0.15) is 0 Å². The van der Waals surface area contributed by atoms with Crippen LogP contribution in [0.3, 0.4) is 0 Å². The minimum absolute atomic E-state index is 0. The van der Waals surface area contributed by atoms with E-state index in [2.05, 4.69) is 5.32 Å². The molecule has 1 amide bonds. The number of carbonyl (C=O) groups is 1. The second-order valence-electron chi connectivity index (χ2n) is 4.86. The van der Waals surface area contributed by atoms with Crippen molar-refractivity contribution in [2.45, 2.75) is 14.7 Å². The topological polar surface area (TPSA) is 113 Å². The molecule has 0 bridgehead atoms. The molecule has 0 aliphatic carbocycles. The minimum atomic E-state index is -3.57. The summed E-state index contributed by atoms with van der Waals surface area (Å²) >= 11 is 7.17. The van der Waals surface area contributed by atoms with Crippen LogP contribution in [0, 0.1) is 5.41 Å². The molecule has 0 heterocycles. The molecule has 0 aromatic heterocycles. The van der Waals surface area contributed by atoms with Gasteiger partial charge in [-0.2, -0.15) is 0 Å². The summed E-state index contributed by atoms with van der Waals surface area (Å²) in [7, 11) is -3.57. The molecule has 25 heavy (non-hydrogen) atoms. The second kappa shape index (κ2) is 8.57. The summed E-state index contributed by atoms with van der Waals surface area (Å²) in [6.45, 7) is 0. The molecule has 0 aliphatic heterocycles. The molecule has 6 nitrogen and oxygen atoms in total. The van der Waals surface area contributed by atoms with E-state index in [-0.39, 0.29) is 22.9 Å². The van der Waals surface area contributed by atoms with E-state index in [1.54, 1.807) is 24.3 Å². The number of nitrogens with two attached hydrogens (primary N) is 1. The fourth-order valence-electron chi connectivity index (χ4n) is 1.88. The summed E-state index contributed by atoms with van der Waals surface area (Å²) in [5.41, 5.74) is 5.22. The first-order valence-electron chi connectivity index (χ1n) is 6.60. The summed E-state index contributed by atoms with van der Waals surface area (Å²) in [4.78, 5) is 13.2. The molecule has 10 heteroatoms.